The molecule has 1 aromatic rings. The number of aryl methyl sites for hydroxylation is 1. The fraction of sp³-hybridized carbons (Fsp3) is 0.917. The third kappa shape index (κ3) is 1.93. The quantitative estimate of drug-likeness (QED) is 0.854. The van der Waals surface area contributed by atoms with Crippen molar-refractivity contribution < 1.29 is 5.11 Å². The molecular formula is C12H21N5O. The second kappa shape index (κ2) is 4.93. The molecule has 2 fully saturated rings. The summed E-state index contributed by atoms with van der Waals surface area (Å²) in [5, 5.41) is 21.4. The van der Waals surface area contributed by atoms with E-state index in [1.165, 1.54) is 25.7 Å². The molecule has 1 aliphatic carbocycles. The Bertz CT molecular complexity index is 401. The van der Waals surface area contributed by atoms with E-state index in [0.29, 0.717) is 6.04 Å². The highest BCUT2D eigenvalue weighted by Gasteiger charge is 2.41. The van der Waals surface area contributed by atoms with Crippen molar-refractivity contribution in [3.63, 3.8) is 0 Å². The zero-order valence-electron chi connectivity index (χ0n) is 10.9. The second-order valence-electron chi connectivity index (χ2n) is 5.48. The summed E-state index contributed by atoms with van der Waals surface area (Å²) in [6.45, 7) is 0.248. The van der Waals surface area contributed by atoms with E-state index in [2.05, 4.69) is 20.4 Å². The van der Waals surface area contributed by atoms with Gasteiger partial charge in [0.15, 0.2) is 5.82 Å². The van der Waals surface area contributed by atoms with Crippen LogP contribution in [0.25, 0.3) is 0 Å². The van der Waals surface area contributed by atoms with Crippen molar-refractivity contribution in [1.29, 1.82) is 0 Å². The first-order valence-corrected chi connectivity index (χ1v) is 6.92. The summed E-state index contributed by atoms with van der Waals surface area (Å²) >= 11 is 0. The Morgan fingerprint density at radius 3 is 2.61 bits per heavy atom. The molecule has 2 atom stereocenters. The number of aliphatic hydroxyl groups excluding tert-OH is 1. The van der Waals surface area contributed by atoms with Gasteiger partial charge in [0.25, 0.3) is 0 Å². The van der Waals surface area contributed by atoms with Crippen molar-refractivity contribution >= 4 is 0 Å². The molecule has 0 aromatic carbocycles. The summed E-state index contributed by atoms with van der Waals surface area (Å²) in [7, 11) is 1.90. The lowest BCUT2D eigenvalue weighted by atomic mass is 10.1. The number of nitrogens with zero attached hydrogens (tertiary/aromatic N) is 5. The number of hydrogen-bond donors (Lipinski definition) is 1. The average Bonchev–Trinajstić information content (AvgIpc) is 3.06. The Kier molecular flexibility index (Phi) is 3.30. The van der Waals surface area contributed by atoms with Crippen LogP contribution in [0.2, 0.25) is 0 Å². The van der Waals surface area contributed by atoms with Gasteiger partial charge in [-0.05, 0) is 36.1 Å². The van der Waals surface area contributed by atoms with Gasteiger partial charge in [-0.3, -0.25) is 4.90 Å². The van der Waals surface area contributed by atoms with Gasteiger partial charge in [-0.15, -0.1) is 5.10 Å². The fourth-order valence-electron chi connectivity index (χ4n) is 3.62. The van der Waals surface area contributed by atoms with Gasteiger partial charge >= 0.3 is 0 Å². The van der Waals surface area contributed by atoms with Gasteiger partial charge in [0.05, 0.1) is 12.6 Å². The number of hydrogen-bond acceptors (Lipinski definition) is 5. The Morgan fingerprint density at radius 2 is 2.00 bits per heavy atom. The number of aliphatic hydroxyl groups is 1. The van der Waals surface area contributed by atoms with E-state index < -0.39 is 0 Å². The molecule has 0 unspecified atom stereocenters. The number of rotatable bonds is 3. The monoisotopic (exact) mass is 251 g/mol. The SMILES string of the molecule is Cn1nnnc1[C@H]1CC[C@@H](CO)N1C1CCCC1. The molecule has 2 heterocycles. The summed E-state index contributed by atoms with van der Waals surface area (Å²) in [5.74, 6) is 0.942. The van der Waals surface area contributed by atoms with E-state index in [-0.39, 0.29) is 18.7 Å². The smallest absolute Gasteiger partial charge is 0.168 e. The Hall–Kier alpha value is -1.01. The van der Waals surface area contributed by atoms with Gasteiger partial charge < -0.3 is 5.11 Å². The predicted molar refractivity (Wildman–Crippen MR) is 65.7 cm³/mol. The van der Waals surface area contributed by atoms with E-state index in [9.17, 15) is 5.11 Å². The standard InChI is InChI=1S/C12H21N5O/c1-16-12(13-14-15-16)11-7-6-10(8-18)17(11)9-4-2-3-5-9/h9-11,18H,2-8H2,1H3/t10-,11+/m0/s1. The molecule has 1 N–H and O–H groups in total. The van der Waals surface area contributed by atoms with Gasteiger partial charge in [-0.2, -0.15) is 0 Å². The largest absolute Gasteiger partial charge is 0.395 e. The normalized spacial score (nSPS) is 30.3. The molecule has 6 nitrogen and oxygen atoms in total. The van der Waals surface area contributed by atoms with Crippen LogP contribution in [0.4, 0.5) is 0 Å². The molecule has 3 rings (SSSR count). The third-order valence-corrected chi connectivity index (χ3v) is 4.46. The van der Waals surface area contributed by atoms with Crippen LogP contribution in [-0.4, -0.2) is 48.9 Å². The van der Waals surface area contributed by atoms with Crippen molar-refractivity contribution in [3.05, 3.63) is 5.82 Å². The molecule has 0 radical (unpaired) electrons. The first-order chi connectivity index (χ1) is 8.81. The minimum Gasteiger partial charge on any atom is -0.395 e. The summed E-state index contributed by atoms with van der Waals surface area (Å²) in [4.78, 5) is 2.48. The molecule has 0 spiro atoms. The summed E-state index contributed by atoms with van der Waals surface area (Å²) in [6.07, 6.45) is 7.21. The minimum atomic E-state index is 0.248. The molecule has 0 amide bonds. The van der Waals surface area contributed by atoms with Gasteiger partial charge in [0.1, 0.15) is 0 Å². The molecule has 6 heteroatoms. The molecule has 1 aliphatic heterocycles. The molecular weight excluding hydrogens is 230 g/mol. The van der Waals surface area contributed by atoms with Crippen LogP contribution >= 0.6 is 0 Å². The predicted octanol–water partition coefficient (Wildman–Crippen LogP) is 0.650. The van der Waals surface area contributed by atoms with Gasteiger partial charge in [0.2, 0.25) is 0 Å². The number of tetrazole rings is 1. The molecule has 100 valence electrons. The Balaban J connectivity index is 1.86. The minimum absolute atomic E-state index is 0.248. The van der Waals surface area contributed by atoms with Crippen LogP contribution in [0, 0.1) is 0 Å². The van der Waals surface area contributed by atoms with Crippen LogP contribution in [0.5, 0.6) is 0 Å². The molecule has 1 aromatic heterocycles. The van der Waals surface area contributed by atoms with E-state index in [1.54, 1.807) is 4.68 Å². The van der Waals surface area contributed by atoms with Crippen LogP contribution < -0.4 is 0 Å². The average molecular weight is 251 g/mol. The van der Waals surface area contributed by atoms with Crippen molar-refractivity contribution in [2.45, 2.75) is 56.7 Å². The maximum absolute atomic E-state index is 9.58. The van der Waals surface area contributed by atoms with Crippen molar-refractivity contribution in [1.82, 2.24) is 25.1 Å². The molecule has 18 heavy (non-hydrogen) atoms. The maximum Gasteiger partial charge on any atom is 0.168 e. The Labute approximate surface area is 107 Å². The van der Waals surface area contributed by atoms with Crippen molar-refractivity contribution in [3.8, 4) is 0 Å². The van der Waals surface area contributed by atoms with E-state index in [4.69, 9.17) is 0 Å². The molecule has 0 bridgehead atoms. The topological polar surface area (TPSA) is 67.1 Å². The highest BCUT2D eigenvalue weighted by Crippen LogP contribution is 2.40. The number of likely N-dealkylation sites (tertiary alicyclic amines) is 1. The second-order valence-corrected chi connectivity index (χ2v) is 5.48. The summed E-state index contributed by atoms with van der Waals surface area (Å²) in [6, 6.07) is 1.17. The van der Waals surface area contributed by atoms with Gasteiger partial charge in [0, 0.05) is 19.1 Å². The zero-order chi connectivity index (χ0) is 12.5. The lowest BCUT2D eigenvalue weighted by Gasteiger charge is -2.34. The highest BCUT2D eigenvalue weighted by atomic mass is 16.3. The fourth-order valence-corrected chi connectivity index (χ4v) is 3.62. The van der Waals surface area contributed by atoms with E-state index >= 15 is 0 Å². The van der Waals surface area contributed by atoms with Crippen LogP contribution in [0.1, 0.15) is 50.4 Å². The number of aromatic nitrogens is 4. The van der Waals surface area contributed by atoms with E-state index in [1.807, 2.05) is 7.05 Å². The maximum atomic E-state index is 9.58. The zero-order valence-corrected chi connectivity index (χ0v) is 10.9. The highest BCUT2D eigenvalue weighted by molar-refractivity contribution is 5.02. The first-order valence-electron chi connectivity index (χ1n) is 6.92. The van der Waals surface area contributed by atoms with Crippen LogP contribution in [0.3, 0.4) is 0 Å². The lowest BCUT2D eigenvalue weighted by molar-refractivity contribution is 0.0824. The lowest BCUT2D eigenvalue weighted by Crippen LogP contribution is -2.41. The summed E-state index contributed by atoms with van der Waals surface area (Å²) < 4.78 is 1.77. The molecule has 2 aliphatic rings. The Morgan fingerprint density at radius 1 is 1.22 bits per heavy atom. The third-order valence-electron chi connectivity index (χ3n) is 4.46. The van der Waals surface area contributed by atoms with Crippen molar-refractivity contribution in [2.24, 2.45) is 7.05 Å². The van der Waals surface area contributed by atoms with Crippen molar-refractivity contribution in [2.75, 3.05) is 6.61 Å². The molecule has 1 saturated heterocycles. The van der Waals surface area contributed by atoms with Gasteiger partial charge in [-0.1, -0.05) is 12.8 Å². The van der Waals surface area contributed by atoms with Crippen LogP contribution in [-0.2, 0) is 7.05 Å². The van der Waals surface area contributed by atoms with Gasteiger partial charge in [-0.25, -0.2) is 4.68 Å². The summed E-state index contributed by atoms with van der Waals surface area (Å²) in [5.41, 5.74) is 0. The first kappa shape index (κ1) is 12.0. The van der Waals surface area contributed by atoms with E-state index in [0.717, 1.165) is 18.7 Å². The van der Waals surface area contributed by atoms with Crippen LogP contribution in [0.15, 0.2) is 0 Å². The molecule has 1 saturated carbocycles.